The van der Waals surface area contributed by atoms with Crippen LogP contribution in [0, 0.1) is 0 Å². The average molecular weight is 399 g/mol. The minimum atomic E-state index is -1.02. The van der Waals surface area contributed by atoms with Crippen LogP contribution in [0.1, 0.15) is 12.8 Å². The quantitative estimate of drug-likeness (QED) is 0.663. The summed E-state index contributed by atoms with van der Waals surface area (Å²) in [5.41, 5.74) is 0. The molecule has 0 atom stereocenters. The molecule has 0 fully saturated rings. The third-order valence-corrected chi connectivity index (χ3v) is 0.794. The van der Waals surface area contributed by atoms with Gasteiger partial charge in [-0.3, -0.25) is 9.59 Å². The van der Waals surface area contributed by atoms with E-state index in [0.29, 0.717) is 0 Å². The Morgan fingerprint density at radius 2 is 1.42 bits per heavy atom. The number of hydrogen-bond donors (Lipinski definition) is 2. The van der Waals surface area contributed by atoms with Gasteiger partial charge in [-0.25, -0.2) is 0 Å². The second kappa shape index (κ2) is 15.9. The van der Waals surface area contributed by atoms with E-state index in [9.17, 15) is 9.59 Å². The van der Waals surface area contributed by atoms with Crippen LogP contribution in [0.25, 0.3) is 0 Å². The Bertz CT molecular complexity index is 128. The van der Waals surface area contributed by atoms with Crippen molar-refractivity contribution in [1.29, 1.82) is 0 Å². The summed E-state index contributed by atoms with van der Waals surface area (Å²) >= 11 is 0. The van der Waals surface area contributed by atoms with Crippen molar-refractivity contribution in [2.24, 2.45) is 0 Å². The van der Waals surface area contributed by atoms with Gasteiger partial charge in [0.2, 0.25) is 0 Å². The molecule has 0 unspecified atom stereocenters. The van der Waals surface area contributed by atoms with Gasteiger partial charge in [0.1, 0.15) is 6.61 Å². The van der Waals surface area contributed by atoms with Gasteiger partial charge >= 0.3 is 5.97 Å². The van der Waals surface area contributed by atoms with Gasteiger partial charge in [0.15, 0.2) is 5.78 Å². The van der Waals surface area contributed by atoms with Gasteiger partial charge in [-0.1, -0.05) is 0 Å². The van der Waals surface area contributed by atoms with Crippen molar-refractivity contribution in [2.45, 2.75) is 12.8 Å². The first-order chi connectivity index (χ1) is 4.16. The van der Waals surface area contributed by atoms with Gasteiger partial charge in [-0.05, 0) is 0 Å². The first-order valence-corrected chi connectivity index (χ1v) is 2.51. The second-order valence-electron chi connectivity index (χ2n) is 1.59. The largest absolute Gasteiger partial charge is 0.481 e. The van der Waals surface area contributed by atoms with E-state index in [1.807, 2.05) is 0 Å². The number of aliphatic carboxylic acids is 1. The molecule has 61 valence electrons. The number of rotatable bonds is 4. The van der Waals surface area contributed by atoms with Crippen LogP contribution in [0.2, 0.25) is 0 Å². The Labute approximate surface area is 146 Å². The van der Waals surface area contributed by atoms with E-state index < -0.39 is 18.4 Å². The summed E-state index contributed by atoms with van der Waals surface area (Å²) in [6, 6.07) is 0. The van der Waals surface area contributed by atoms with E-state index in [1.54, 1.807) is 0 Å². The summed E-state index contributed by atoms with van der Waals surface area (Å²) in [4.78, 5) is 20.0. The number of hydrogen-bond acceptors (Lipinski definition) is 3. The van der Waals surface area contributed by atoms with Gasteiger partial charge in [0, 0.05) is 105 Å². The van der Waals surface area contributed by atoms with Crippen LogP contribution in [0.5, 0.6) is 0 Å². The van der Waals surface area contributed by atoms with Crippen LogP contribution >= 0.6 is 0 Å². The maximum atomic E-state index is 10.2. The number of ketones is 1. The van der Waals surface area contributed by atoms with Gasteiger partial charge < -0.3 is 10.2 Å². The van der Waals surface area contributed by atoms with Crippen molar-refractivity contribution >= 4 is 11.8 Å². The number of aliphatic hydroxyl groups is 1. The summed E-state index contributed by atoms with van der Waals surface area (Å²) in [5, 5.41) is 16.1. The number of carbonyl (C=O) groups is 2. The van der Waals surface area contributed by atoms with Crippen LogP contribution in [0.4, 0.5) is 0 Å². The molecule has 0 aliphatic carbocycles. The molecular formula is C5H8O4Y3. The zero-order chi connectivity index (χ0) is 7.28. The average Bonchev–Trinajstić information content (AvgIpc) is 1.83. The Kier molecular flexibility index (Phi) is 31.6. The number of carboxylic acids is 1. The predicted octanol–water partition coefficient (Wildman–Crippen LogP) is -0.595. The van der Waals surface area contributed by atoms with Gasteiger partial charge in [0.25, 0.3) is 0 Å². The summed E-state index contributed by atoms with van der Waals surface area (Å²) < 4.78 is 0. The van der Waals surface area contributed by atoms with E-state index in [1.165, 1.54) is 0 Å². The minimum Gasteiger partial charge on any atom is -0.481 e. The van der Waals surface area contributed by atoms with Crippen LogP contribution in [0.3, 0.4) is 0 Å². The molecule has 7 heteroatoms. The summed E-state index contributed by atoms with van der Waals surface area (Å²) in [7, 11) is 0. The molecule has 0 spiro atoms. The fraction of sp³-hybridized carbons (Fsp3) is 0.600. The van der Waals surface area contributed by atoms with Crippen molar-refractivity contribution < 1.29 is 118 Å². The Morgan fingerprint density at radius 3 is 1.67 bits per heavy atom. The van der Waals surface area contributed by atoms with E-state index in [-0.39, 0.29) is 111 Å². The van der Waals surface area contributed by atoms with E-state index in [2.05, 4.69) is 0 Å². The van der Waals surface area contributed by atoms with Gasteiger partial charge in [0.05, 0.1) is 6.42 Å². The fourth-order valence-corrected chi connectivity index (χ4v) is 0.325. The third kappa shape index (κ3) is 18.2. The number of carboxylic acid groups (broad SMARTS) is 1. The molecule has 0 aromatic heterocycles. The molecule has 0 aliphatic heterocycles. The maximum Gasteiger partial charge on any atom is 0.303 e. The van der Waals surface area contributed by atoms with Crippen LogP contribution in [-0.4, -0.2) is 28.6 Å². The molecule has 0 saturated carbocycles. The molecule has 4 nitrogen and oxygen atoms in total. The van der Waals surface area contributed by atoms with Crippen molar-refractivity contribution in [2.75, 3.05) is 6.61 Å². The van der Waals surface area contributed by atoms with E-state index in [4.69, 9.17) is 10.2 Å². The second-order valence-corrected chi connectivity index (χ2v) is 1.59. The molecule has 0 heterocycles. The molecule has 0 aromatic carbocycles. The topological polar surface area (TPSA) is 74.6 Å². The molecule has 0 amide bonds. The summed E-state index contributed by atoms with van der Waals surface area (Å²) in [6.07, 6.45) is -0.273. The van der Waals surface area contributed by atoms with Crippen molar-refractivity contribution in [3.8, 4) is 0 Å². The monoisotopic (exact) mass is 399 g/mol. The van der Waals surface area contributed by atoms with Crippen LogP contribution < -0.4 is 0 Å². The van der Waals surface area contributed by atoms with Crippen molar-refractivity contribution in [1.82, 2.24) is 0 Å². The maximum absolute atomic E-state index is 10.2. The molecule has 0 rings (SSSR count). The van der Waals surface area contributed by atoms with Crippen molar-refractivity contribution in [3.05, 3.63) is 0 Å². The van der Waals surface area contributed by atoms with Crippen LogP contribution in [-0.2, 0) is 108 Å². The first kappa shape index (κ1) is 23.9. The molecule has 3 radical (unpaired) electrons. The molecule has 0 aliphatic rings. The number of aliphatic hydroxyl groups excluding tert-OH is 1. The van der Waals surface area contributed by atoms with E-state index in [0.717, 1.165) is 0 Å². The smallest absolute Gasteiger partial charge is 0.303 e. The Morgan fingerprint density at radius 1 is 1.00 bits per heavy atom. The molecule has 0 aromatic rings. The molecule has 0 saturated heterocycles. The van der Waals surface area contributed by atoms with Gasteiger partial charge in [-0.15, -0.1) is 0 Å². The SMILES string of the molecule is O=C(O)CCC(=O)CO.[Y].[Y].[Y]. The first-order valence-electron chi connectivity index (χ1n) is 2.51. The zero-order valence-corrected chi connectivity index (χ0v) is 15.1. The molecule has 2 N–H and O–H groups in total. The fourth-order valence-electron chi connectivity index (χ4n) is 0.325. The number of Topliss-reactive ketones (excluding diaryl/α,β-unsaturated/α-hetero) is 1. The zero-order valence-electron chi connectivity index (χ0n) is 6.56. The van der Waals surface area contributed by atoms with Crippen molar-refractivity contribution in [3.63, 3.8) is 0 Å². The standard InChI is InChI=1S/C5H8O4.3Y/c6-3-4(7)1-2-5(8)9;;;/h6H,1-3H2,(H,8,9);;;. The third-order valence-electron chi connectivity index (χ3n) is 0.794. The minimum absolute atomic E-state index is 0. The summed E-state index contributed by atoms with van der Waals surface area (Å²) in [6.45, 7) is -0.562. The predicted molar refractivity (Wildman–Crippen MR) is 29.0 cm³/mol. The molecular weight excluding hydrogens is 391 g/mol. The van der Waals surface area contributed by atoms with Gasteiger partial charge in [-0.2, -0.15) is 0 Å². The summed E-state index contributed by atoms with van der Waals surface area (Å²) in [5.74, 6) is -1.45. The molecule has 0 bridgehead atoms. The molecule has 12 heavy (non-hydrogen) atoms. The normalized spacial score (nSPS) is 6.75. The Balaban J connectivity index is -0.000000107. The van der Waals surface area contributed by atoms with Crippen LogP contribution in [0.15, 0.2) is 0 Å². The van der Waals surface area contributed by atoms with E-state index >= 15 is 0 Å². The Hall–Kier alpha value is 2.41. The number of carbonyl (C=O) groups excluding carboxylic acids is 1.